The van der Waals surface area contributed by atoms with Crippen molar-refractivity contribution in [1.82, 2.24) is 9.97 Å². The summed E-state index contributed by atoms with van der Waals surface area (Å²) >= 11 is 0. The van der Waals surface area contributed by atoms with Crippen LogP contribution >= 0.6 is 0 Å². The maximum Gasteiger partial charge on any atom is 0.132 e. The van der Waals surface area contributed by atoms with Crippen molar-refractivity contribution in [3.63, 3.8) is 0 Å². The van der Waals surface area contributed by atoms with E-state index < -0.39 is 0 Å². The molecular weight excluding hydrogens is 252 g/mol. The number of rotatable bonds is 5. The van der Waals surface area contributed by atoms with E-state index in [2.05, 4.69) is 27.5 Å². The zero-order chi connectivity index (χ0) is 14.4. The van der Waals surface area contributed by atoms with Crippen LogP contribution in [0.5, 0.6) is 0 Å². The summed E-state index contributed by atoms with van der Waals surface area (Å²) in [6.07, 6.45) is 6.16. The van der Waals surface area contributed by atoms with Gasteiger partial charge in [-0.1, -0.05) is 26.2 Å². The van der Waals surface area contributed by atoms with Crippen molar-refractivity contribution in [3.05, 3.63) is 11.9 Å². The number of nitrogens with one attached hydrogen (secondary N) is 2. The number of anilines is 2. The number of aromatic nitrogens is 2. The van der Waals surface area contributed by atoms with Gasteiger partial charge in [0.2, 0.25) is 0 Å². The summed E-state index contributed by atoms with van der Waals surface area (Å²) in [4.78, 5) is 8.81. The van der Waals surface area contributed by atoms with E-state index in [0.717, 1.165) is 49.7 Å². The van der Waals surface area contributed by atoms with E-state index in [9.17, 15) is 5.11 Å². The normalized spacial score (nSPS) is 23.1. The summed E-state index contributed by atoms with van der Waals surface area (Å²) in [5.74, 6) is 2.41. The van der Waals surface area contributed by atoms with Crippen LogP contribution in [0.3, 0.4) is 0 Å². The molecule has 1 aromatic rings. The second-order valence-corrected chi connectivity index (χ2v) is 5.57. The van der Waals surface area contributed by atoms with Gasteiger partial charge in [-0.2, -0.15) is 0 Å². The van der Waals surface area contributed by atoms with E-state index in [1.807, 2.05) is 13.0 Å². The van der Waals surface area contributed by atoms with Crippen molar-refractivity contribution < 1.29 is 5.11 Å². The van der Waals surface area contributed by atoms with Crippen molar-refractivity contribution in [1.29, 1.82) is 0 Å². The van der Waals surface area contributed by atoms with Crippen LogP contribution in [0.15, 0.2) is 6.07 Å². The molecule has 1 aromatic heterocycles. The Kier molecular flexibility index (Phi) is 5.59. The predicted molar refractivity (Wildman–Crippen MR) is 82.1 cm³/mol. The van der Waals surface area contributed by atoms with Gasteiger partial charge in [-0.3, -0.25) is 0 Å². The molecule has 0 aromatic carbocycles. The fourth-order valence-corrected chi connectivity index (χ4v) is 2.63. The Morgan fingerprint density at radius 2 is 1.95 bits per heavy atom. The highest BCUT2D eigenvalue weighted by atomic mass is 16.3. The fraction of sp³-hybridized carbons (Fsp3) is 0.733. The minimum atomic E-state index is -0.278. The molecule has 0 radical (unpaired) electrons. The molecule has 1 aliphatic carbocycles. The molecule has 0 spiro atoms. The summed E-state index contributed by atoms with van der Waals surface area (Å²) < 4.78 is 0. The highest BCUT2D eigenvalue weighted by Gasteiger charge is 2.21. The number of hydrogen-bond donors (Lipinski definition) is 3. The first-order valence-electron chi connectivity index (χ1n) is 7.73. The fourth-order valence-electron chi connectivity index (χ4n) is 2.63. The average Bonchev–Trinajstić information content (AvgIpc) is 2.61. The summed E-state index contributed by atoms with van der Waals surface area (Å²) in [7, 11) is 0. The number of aliphatic hydroxyl groups is 1. The number of aryl methyl sites for hydroxylation is 1. The van der Waals surface area contributed by atoms with E-state index in [0.29, 0.717) is 0 Å². The van der Waals surface area contributed by atoms with E-state index in [1.54, 1.807) is 0 Å². The van der Waals surface area contributed by atoms with Crippen molar-refractivity contribution in [3.8, 4) is 0 Å². The minimum absolute atomic E-state index is 0.103. The lowest BCUT2D eigenvalue weighted by Crippen LogP contribution is -2.32. The second-order valence-electron chi connectivity index (χ2n) is 5.57. The largest absolute Gasteiger partial charge is 0.391 e. The first-order chi connectivity index (χ1) is 9.69. The molecule has 3 N–H and O–H groups in total. The van der Waals surface area contributed by atoms with Gasteiger partial charge in [-0.25, -0.2) is 9.97 Å². The summed E-state index contributed by atoms with van der Waals surface area (Å²) in [5, 5.41) is 16.8. The van der Waals surface area contributed by atoms with Crippen molar-refractivity contribution >= 4 is 11.6 Å². The van der Waals surface area contributed by atoms with Crippen LogP contribution in [0.2, 0.25) is 0 Å². The van der Waals surface area contributed by atoms with Gasteiger partial charge < -0.3 is 15.7 Å². The highest BCUT2D eigenvalue weighted by Crippen LogP contribution is 2.22. The average molecular weight is 278 g/mol. The van der Waals surface area contributed by atoms with E-state index in [-0.39, 0.29) is 12.1 Å². The Morgan fingerprint density at radius 1 is 1.20 bits per heavy atom. The Labute approximate surface area is 121 Å². The maximum atomic E-state index is 10.2. The van der Waals surface area contributed by atoms with Gasteiger partial charge in [0.05, 0.1) is 12.1 Å². The minimum Gasteiger partial charge on any atom is -0.391 e. The molecule has 5 heteroatoms. The first kappa shape index (κ1) is 15.0. The molecule has 2 atom stereocenters. The molecule has 1 aliphatic rings. The monoisotopic (exact) mass is 278 g/mol. The van der Waals surface area contributed by atoms with Gasteiger partial charge in [0.15, 0.2) is 0 Å². The lowest BCUT2D eigenvalue weighted by atomic mass is 10.1. The topological polar surface area (TPSA) is 70.1 Å². The quantitative estimate of drug-likeness (QED) is 0.722. The smallest absolute Gasteiger partial charge is 0.132 e. The van der Waals surface area contributed by atoms with E-state index in [4.69, 9.17) is 0 Å². The third-order valence-electron chi connectivity index (χ3n) is 3.71. The van der Waals surface area contributed by atoms with Gasteiger partial charge in [-0.05, 0) is 26.2 Å². The molecule has 1 saturated carbocycles. The molecule has 1 fully saturated rings. The van der Waals surface area contributed by atoms with Crippen LogP contribution < -0.4 is 10.6 Å². The van der Waals surface area contributed by atoms with Gasteiger partial charge in [-0.15, -0.1) is 0 Å². The molecule has 20 heavy (non-hydrogen) atoms. The number of aliphatic hydroxyl groups excluding tert-OH is 1. The van der Waals surface area contributed by atoms with Crippen LogP contribution in [0, 0.1) is 6.92 Å². The van der Waals surface area contributed by atoms with Crippen LogP contribution in [-0.2, 0) is 0 Å². The zero-order valence-corrected chi connectivity index (χ0v) is 12.5. The van der Waals surface area contributed by atoms with Crippen LogP contribution in [0.25, 0.3) is 0 Å². The predicted octanol–water partition coefficient (Wildman–Crippen LogP) is 2.71. The van der Waals surface area contributed by atoms with Gasteiger partial charge in [0, 0.05) is 12.6 Å². The number of nitrogens with zero attached hydrogens (tertiary/aromatic N) is 2. The van der Waals surface area contributed by atoms with Crippen LogP contribution in [0.1, 0.15) is 51.3 Å². The van der Waals surface area contributed by atoms with Crippen molar-refractivity contribution in [2.45, 2.75) is 64.5 Å². The molecule has 0 bridgehead atoms. The molecule has 1 heterocycles. The summed E-state index contributed by atoms with van der Waals surface area (Å²) in [6.45, 7) is 4.93. The molecule has 0 aliphatic heterocycles. The Hall–Kier alpha value is -1.36. The lowest BCUT2D eigenvalue weighted by molar-refractivity contribution is 0.144. The maximum absolute atomic E-state index is 10.2. The SMILES string of the molecule is CCCNc1cc(NC2CCCCCC2O)nc(C)n1. The van der Waals surface area contributed by atoms with Gasteiger partial charge in [0.1, 0.15) is 17.5 Å². The van der Waals surface area contributed by atoms with E-state index >= 15 is 0 Å². The molecule has 2 rings (SSSR count). The Bertz CT molecular complexity index is 424. The van der Waals surface area contributed by atoms with Crippen molar-refractivity contribution in [2.24, 2.45) is 0 Å². The number of hydrogen-bond acceptors (Lipinski definition) is 5. The van der Waals surface area contributed by atoms with E-state index in [1.165, 1.54) is 12.8 Å². The molecule has 0 saturated heterocycles. The highest BCUT2D eigenvalue weighted by molar-refractivity contribution is 5.48. The molecule has 2 unspecified atom stereocenters. The summed E-state index contributed by atoms with van der Waals surface area (Å²) in [5.41, 5.74) is 0. The third kappa shape index (κ3) is 4.34. The second kappa shape index (κ2) is 7.43. The van der Waals surface area contributed by atoms with Crippen molar-refractivity contribution in [2.75, 3.05) is 17.2 Å². The van der Waals surface area contributed by atoms with Crippen LogP contribution in [-0.4, -0.2) is 33.8 Å². The molecule has 0 amide bonds. The Balaban J connectivity index is 2.05. The van der Waals surface area contributed by atoms with Gasteiger partial charge >= 0.3 is 0 Å². The molecular formula is C15H26N4O. The standard InChI is InChI=1S/C15H26N4O/c1-3-9-16-14-10-15(18-11(2)17-14)19-12-7-5-4-6-8-13(12)20/h10,12-13,20H,3-9H2,1-2H3,(H2,16,17,18,19). The summed E-state index contributed by atoms with van der Waals surface area (Å²) in [6, 6.07) is 2.03. The van der Waals surface area contributed by atoms with Crippen LogP contribution in [0.4, 0.5) is 11.6 Å². The molecule has 112 valence electrons. The third-order valence-corrected chi connectivity index (χ3v) is 3.71. The van der Waals surface area contributed by atoms with Gasteiger partial charge in [0.25, 0.3) is 0 Å². The zero-order valence-electron chi connectivity index (χ0n) is 12.5. The lowest BCUT2D eigenvalue weighted by Gasteiger charge is -2.22. The molecule has 5 nitrogen and oxygen atoms in total. The first-order valence-corrected chi connectivity index (χ1v) is 7.73. The Morgan fingerprint density at radius 3 is 2.75 bits per heavy atom.